The van der Waals surface area contributed by atoms with Crippen molar-refractivity contribution in [2.45, 2.75) is 52.4 Å². The Balaban J connectivity index is 2.15. The molecular formula is C21H35N3O2. The van der Waals surface area contributed by atoms with E-state index in [9.17, 15) is 4.79 Å². The fraction of sp³-hybridized carbons (Fsp3) is 0.714. The number of anilines is 1. The van der Waals surface area contributed by atoms with Crippen molar-refractivity contribution in [2.75, 3.05) is 45.3 Å². The second-order valence-electron chi connectivity index (χ2n) is 8.52. The van der Waals surface area contributed by atoms with Crippen molar-refractivity contribution in [1.82, 2.24) is 9.88 Å². The number of likely N-dealkylation sites (tertiary alicyclic amines) is 1. The number of aromatic nitrogens is 1. The summed E-state index contributed by atoms with van der Waals surface area (Å²) in [6, 6.07) is 4.47. The first-order valence-corrected chi connectivity index (χ1v) is 9.67. The third kappa shape index (κ3) is 5.70. The van der Waals surface area contributed by atoms with Crippen LogP contribution >= 0.6 is 0 Å². The highest BCUT2D eigenvalue weighted by molar-refractivity contribution is 5.73. The largest absolute Gasteiger partial charge is 0.383 e. The Morgan fingerprint density at radius 3 is 2.50 bits per heavy atom. The van der Waals surface area contributed by atoms with E-state index in [1.54, 1.807) is 14.0 Å². The fourth-order valence-electron chi connectivity index (χ4n) is 3.40. The van der Waals surface area contributed by atoms with E-state index in [1.807, 2.05) is 4.90 Å². The number of amides is 1. The molecule has 5 heteroatoms. The molecule has 5 nitrogen and oxygen atoms in total. The SMILES string of the molecule is COCCN(C)c1cc(C(C)(C)C)cc(CC2CCN(C(C)=O)CC2)n1. The molecule has 2 heterocycles. The van der Waals surface area contributed by atoms with Gasteiger partial charge in [-0.1, -0.05) is 20.8 Å². The highest BCUT2D eigenvalue weighted by Crippen LogP contribution is 2.28. The Morgan fingerprint density at radius 2 is 1.96 bits per heavy atom. The van der Waals surface area contributed by atoms with Gasteiger partial charge in [0.15, 0.2) is 0 Å². The Kier molecular flexibility index (Phi) is 7.04. The maximum Gasteiger partial charge on any atom is 0.219 e. The Hall–Kier alpha value is -1.62. The van der Waals surface area contributed by atoms with Gasteiger partial charge in [0.25, 0.3) is 0 Å². The third-order valence-electron chi connectivity index (χ3n) is 5.31. The van der Waals surface area contributed by atoms with Gasteiger partial charge in [0, 0.05) is 46.4 Å². The van der Waals surface area contributed by atoms with Crippen molar-refractivity contribution < 1.29 is 9.53 Å². The van der Waals surface area contributed by atoms with Crippen molar-refractivity contribution in [2.24, 2.45) is 5.92 Å². The van der Waals surface area contributed by atoms with Crippen LogP contribution in [0.15, 0.2) is 12.1 Å². The molecule has 0 saturated carbocycles. The summed E-state index contributed by atoms with van der Waals surface area (Å²) in [7, 11) is 3.80. The van der Waals surface area contributed by atoms with Crippen LogP contribution in [0.25, 0.3) is 0 Å². The molecule has 0 unspecified atom stereocenters. The summed E-state index contributed by atoms with van der Waals surface area (Å²) in [5.74, 6) is 1.81. The molecule has 26 heavy (non-hydrogen) atoms. The predicted molar refractivity (Wildman–Crippen MR) is 107 cm³/mol. The van der Waals surface area contributed by atoms with Gasteiger partial charge in [-0.15, -0.1) is 0 Å². The lowest BCUT2D eigenvalue weighted by Gasteiger charge is -2.31. The van der Waals surface area contributed by atoms with Crippen molar-refractivity contribution in [1.29, 1.82) is 0 Å². The van der Waals surface area contributed by atoms with Crippen LogP contribution < -0.4 is 4.90 Å². The van der Waals surface area contributed by atoms with Gasteiger partial charge in [0.1, 0.15) is 5.82 Å². The summed E-state index contributed by atoms with van der Waals surface area (Å²) in [5.41, 5.74) is 2.58. The van der Waals surface area contributed by atoms with Crippen molar-refractivity contribution in [3.8, 4) is 0 Å². The lowest BCUT2D eigenvalue weighted by Crippen LogP contribution is -2.37. The average Bonchev–Trinajstić information content (AvgIpc) is 2.59. The van der Waals surface area contributed by atoms with Crippen LogP contribution in [-0.4, -0.2) is 56.2 Å². The number of methoxy groups -OCH3 is 1. The molecule has 1 aromatic rings. The molecule has 0 radical (unpaired) electrons. The average molecular weight is 362 g/mol. The van der Waals surface area contributed by atoms with E-state index in [4.69, 9.17) is 9.72 Å². The molecule has 0 N–H and O–H groups in total. The monoisotopic (exact) mass is 361 g/mol. The standard InChI is InChI=1S/C21H35N3O2/c1-16(25)24-9-7-17(8-10-24)13-19-14-18(21(2,3)4)15-20(22-19)23(5)11-12-26-6/h14-15,17H,7-13H2,1-6H3. The van der Waals surface area contributed by atoms with Crippen LogP contribution in [0.4, 0.5) is 5.82 Å². The summed E-state index contributed by atoms with van der Waals surface area (Å²) >= 11 is 0. The first-order valence-electron chi connectivity index (χ1n) is 9.67. The molecule has 1 aliphatic heterocycles. The first-order chi connectivity index (χ1) is 12.2. The van der Waals surface area contributed by atoms with Gasteiger partial charge in [-0.05, 0) is 48.3 Å². The molecule has 1 fully saturated rings. The molecule has 0 atom stereocenters. The Bertz CT molecular complexity index is 602. The summed E-state index contributed by atoms with van der Waals surface area (Å²) in [6.07, 6.45) is 3.12. The van der Waals surface area contributed by atoms with Gasteiger partial charge in [0.2, 0.25) is 5.91 Å². The number of carbonyl (C=O) groups excluding carboxylic acids is 1. The molecule has 0 aromatic carbocycles. The fourth-order valence-corrected chi connectivity index (χ4v) is 3.40. The van der Waals surface area contributed by atoms with Crippen molar-refractivity contribution >= 4 is 11.7 Å². The molecule has 0 bridgehead atoms. The highest BCUT2D eigenvalue weighted by Gasteiger charge is 2.23. The maximum absolute atomic E-state index is 11.5. The van der Waals surface area contributed by atoms with Gasteiger partial charge in [-0.3, -0.25) is 4.79 Å². The van der Waals surface area contributed by atoms with E-state index in [2.05, 4.69) is 44.9 Å². The molecule has 1 saturated heterocycles. The first kappa shape index (κ1) is 20.7. The minimum absolute atomic E-state index is 0.0898. The summed E-state index contributed by atoms with van der Waals surface area (Å²) in [5, 5.41) is 0. The van der Waals surface area contributed by atoms with Gasteiger partial charge in [-0.2, -0.15) is 0 Å². The zero-order valence-electron chi connectivity index (χ0n) is 17.3. The van der Waals surface area contributed by atoms with Crippen LogP contribution in [-0.2, 0) is 21.4 Å². The predicted octanol–water partition coefficient (Wildman–Crippen LogP) is 3.26. The number of hydrogen-bond donors (Lipinski definition) is 0. The van der Waals surface area contributed by atoms with Crippen LogP contribution in [0.2, 0.25) is 0 Å². The molecule has 2 rings (SSSR count). The number of ether oxygens (including phenoxy) is 1. The topological polar surface area (TPSA) is 45.7 Å². The minimum Gasteiger partial charge on any atom is -0.383 e. The van der Waals surface area contributed by atoms with Crippen LogP contribution in [0, 0.1) is 5.92 Å². The molecule has 0 aliphatic carbocycles. The van der Waals surface area contributed by atoms with Crippen molar-refractivity contribution in [3.63, 3.8) is 0 Å². The Labute approximate surface area is 158 Å². The number of pyridine rings is 1. The molecule has 146 valence electrons. The zero-order valence-corrected chi connectivity index (χ0v) is 17.3. The molecule has 0 spiro atoms. The summed E-state index contributed by atoms with van der Waals surface area (Å²) in [6.45, 7) is 11.7. The normalized spacial score (nSPS) is 16.0. The van der Waals surface area contributed by atoms with Gasteiger partial charge in [-0.25, -0.2) is 4.98 Å². The van der Waals surface area contributed by atoms with Gasteiger partial charge < -0.3 is 14.5 Å². The number of nitrogens with zero attached hydrogens (tertiary/aromatic N) is 3. The molecule has 1 amide bonds. The van der Waals surface area contributed by atoms with Gasteiger partial charge in [0.05, 0.1) is 6.61 Å². The van der Waals surface area contributed by atoms with E-state index in [-0.39, 0.29) is 11.3 Å². The lowest BCUT2D eigenvalue weighted by atomic mass is 9.85. The summed E-state index contributed by atoms with van der Waals surface area (Å²) < 4.78 is 5.21. The van der Waals surface area contributed by atoms with Crippen LogP contribution in [0.1, 0.15) is 51.8 Å². The zero-order chi connectivity index (χ0) is 19.3. The molecule has 1 aromatic heterocycles. The summed E-state index contributed by atoms with van der Waals surface area (Å²) in [4.78, 5) is 20.6. The number of carbonyl (C=O) groups is 1. The smallest absolute Gasteiger partial charge is 0.219 e. The highest BCUT2D eigenvalue weighted by atomic mass is 16.5. The maximum atomic E-state index is 11.5. The number of hydrogen-bond acceptors (Lipinski definition) is 4. The van der Waals surface area contributed by atoms with E-state index in [1.165, 1.54) is 5.56 Å². The molecule has 1 aliphatic rings. The lowest BCUT2D eigenvalue weighted by molar-refractivity contribution is -0.130. The van der Waals surface area contributed by atoms with Gasteiger partial charge >= 0.3 is 0 Å². The second kappa shape index (κ2) is 8.85. The van der Waals surface area contributed by atoms with E-state index in [0.717, 1.165) is 50.4 Å². The third-order valence-corrected chi connectivity index (χ3v) is 5.31. The second-order valence-corrected chi connectivity index (χ2v) is 8.52. The Morgan fingerprint density at radius 1 is 1.31 bits per heavy atom. The van der Waals surface area contributed by atoms with Crippen LogP contribution in [0.5, 0.6) is 0 Å². The van der Waals surface area contributed by atoms with E-state index < -0.39 is 0 Å². The van der Waals surface area contributed by atoms with E-state index >= 15 is 0 Å². The molecular weight excluding hydrogens is 326 g/mol. The van der Waals surface area contributed by atoms with Crippen LogP contribution in [0.3, 0.4) is 0 Å². The number of likely N-dealkylation sites (N-methyl/N-ethyl adjacent to an activating group) is 1. The number of piperidine rings is 1. The minimum atomic E-state index is 0.0898. The van der Waals surface area contributed by atoms with Crippen molar-refractivity contribution in [3.05, 3.63) is 23.4 Å². The quantitative estimate of drug-likeness (QED) is 0.780. The van der Waals surface area contributed by atoms with E-state index in [0.29, 0.717) is 12.5 Å². The number of rotatable bonds is 6.